The molecule has 0 saturated heterocycles. The molecule has 1 aromatic rings. The summed E-state index contributed by atoms with van der Waals surface area (Å²) in [7, 11) is 0. The molecule has 0 aliphatic rings. The van der Waals surface area contributed by atoms with E-state index in [1.807, 2.05) is 0 Å². The number of rotatable bonds is 14. The second kappa shape index (κ2) is 15.1. The van der Waals surface area contributed by atoms with Gasteiger partial charge in [-0.05, 0) is 24.6 Å². The zero-order chi connectivity index (χ0) is 20.6. The summed E-state index contributed by atoms with van der Waals surface area (Å²) in [5.74, 6) is -0.465. The van der Waals surface area contributed by atoms with Crippen molar-refractivity contribution in [2.75, 3.05) is 6.54 Å². The summed E-state index contributed by atoms with van der Waals surface area (Å²) in [6, 6.07) is 4.91. The Kier molecular flexibility index (Phi) is 13.0. The van der Waals surface area contributed by atoms with Gasteiger partial charge in [-0.1, -0.05) is 74.2 Å². The highest BCUT2D eigenvalue weighted by atomic mass is 79.9. The SMILES string of the molecule is CCCCCCCCCCCC(=O)NCC(=O)N/N=C\c1cc(Br)ccc1O. The van der Waals surface area contributed by atoms with Crippen LogP contribution in [0, 0.1) is 0 Å². The molecule has 3 N–H and O–H groups in total. The molecule has 0 saturated carbocycles. The number of amides is 2. The van der Waals surface area contributed by atoms with Gasteiger partial charge in [-0.15, -0.1) is 0 Å². The number of nitrogens with one attached hydrogen (secondary N) is 2. The number of hydrogen-bond acceptors (Lipinski definition) is 4. The maximum absolute atomic E-state index is 11.8. The maximum atomic E-state index is 11.8. The molecule has 0 aliphatic carbocycles. The summed E-state index contributed by atoms with van der Waals surface area (Å²) in [5.41, 5.74) is 2.80. The van der Waals surface area contributed by atoms with Gasteiger partial charge < -0.3 is 10.4 Å². The van der Waals surface area contributed by atoms with E-state index in [2.05, 4.69) is 38.7 Å². The lowest BCUT2D eigenvalue weighted by Crippen LogP contribution is -2.34. The summed E-state index contributed by atoms with van der Waals surface area (Å²) >= 11 is 3.30. The Hall–Kier alpha value is -1.89. The average Bonchev–Trinajstić information content (AvgIpc) is 2.67. The minimum Gasteiger partial charge on any atom is -0.507 e. The molecule has 0 radical (unpaired) electrons. The fraction of sp³-hybridized carbons (Fsp3) is 0.571. The summed E-state index contributed by atoms with van der Waals surface area (Å²) < 4.78 is 0.793. The molecule has 0 atom stereocenters. The highest BCUT2D eigenvalue weighted by Gasteiger charge is 2.05. The monoisotopic (exact) mass is 453 g/mol. The molecule has 156 valence electrons. The van der Waals surface area contributed by atoms with Gasteiger partial charge in [0.05, 0.1) is 12.8 Å². The van der Waals surface area contributed by atoms with Crippen LogP contribution in [0.3, 0.4) is 0 Å². The van der Waals surface area contributed by atoms with Gasteiger partial charge in [-0.2, -0.15) is 5.10 Å². The number of phenols is 1. The highest BCUT2D eigenvalue weighted by molar-refractivity contribution is 9.10. The van der Waals surface area contributed by atoms with Gasteiger partial charge in [-0.25, -0.2) is 5.43 Å². The van der Waals surface area contributed by atoms with E-state index < -0.39 is 5.91 Å². The zero-order valence-corrected chi connectivity index (χ0v) is 18.3. The number of benzene rings is 1. The smallest absolute Gasteiger partial charge is 0.259 e. The summed E-state index contributed by atoms with van der Waals surface area (Å²) in [6.45, 7) is 2.11. The minimum atomic E-state index is -0.411. The van der Waals surface area contributed by atoms with Gasteiger partial charge in [0, 0.05) is 16.5 Å². The third kappa shape index (κ3) is 11.7. The van der Waals surface area contributed by atoms with Crippen molar-refractivity contribution in [2.24, 2.45) is 5.10 Å². The Morgan fingerprint density at radius 1 is 1.04 bits per heavy atom. The normalized spacial score (nSPS) is 10.9. The van der Waals surface area contributed by atoms with Gasteiger partial charge in [0.1, 0.15) is 5.75 Å². The second-order valence-corrected chi connectivity index (χ2v) is 7.77. The predicted molar refractivity (Wildman–Crippen MR) is 116 cm³/mol. The van der Waals surface area contributed by atoms with Crippen LogP contribution in [0.4, 0.5) is 0 Å². The van der Waals surface area contributed by atoms with Gasteiger partial charge in [0.15, 0.2) is 0 Å². The molecule has 1 aromatic carbocycles. The summed E-state index contributed by atoms with van der Waals surface area (Å²) in [4.78, 5) is 23.5. The van der Waals surface area contributed by atoms with E-state index in [0.29, 0.717) is 12.0 Å². The maximum Gasteiger partial charge on any atom is 0.259 e. The van der Waals surface area contributed by atoms with Gasteiger partial charge >= 0.3 is 0 Å². The number of hydrazone groups is 1. The van der Waals surface area contributed by atoms with E-state index in [9.17, 15) is 14.7 Å². The van der Waals surface area contributed by atoms with Crippen LogP contribution in [-0.4, -0.2) is 29.7 Å². The van der Waals surface area contributed by atoms with Gasteiger partial charge in [-0.3, -0.25) is 9.59 Å². The molecule has 6 nitrogen and oxygen atoms in total. The number of halogens is 1. The topological polar surface area (TPSA) is 90.8 Å². The van der Waals surface area contributed by atoms with Crippen molar-refractivity contribution in [3.8, 4) is 5.75 Å². The quantitative estimate of drug-likeness (QED) is 0.217. The Balaban J connectivity index is 2.07. The van der Waals surface area contributed by atoms with E-state index in [0.717, 1.165) is 23.7 Å². The van der Waals surface area contributed by atoms with Crippen LogP contribution >= 0.6 is 15.9 Å². The zero-order valence-electron chi connectivity index (χ0n) is 16.7. The average molecular weight is 454 g/mol. The van der Waals surface area contributed by atoms with Crippen LogP contribution in [0.15, 0.2) is 27.8 Å². The minimum absolute atomic E-state index is 0.0652. The highest BCUT2D eigenvalue weighted by Crippen LogP contribution is 2.19. The summed E-state index contributed by atoms with van der Waals surface area (Å²) in [6.07, 6.45) is 12.6. The third-order valence-corrected chi connectivity index (χ3v) is 4.83. The van der Waals surface area contributed by atoms with Crippen LogP contribution in [0.2, 0.25) is 0 Å². The number of carbonyl (C=O) groups is 2. The lowest BCUT2D eigenvalue weighted by molar-refractivity contribution is -0.126. The van der Waals surface area contributed by atoms with Crippen molar-refractivity contribution in [1.29, 1.82) is 0 Å². The molecule has 2 amide bonds. The molecule has 0 fully saturated rings. The van der Waals surface area contributed by atoms with Crippen LogP contribution < -0.4 is 10.7 Å². The third-order valence-electron chi connectivity index (χ3n) is 4.34. The first-order valence-corrected chi connectivity index (χ1v) is 10.9. The van der Waals surface area contributed by atoms with Crippen LogP contribution in [0.5, 0.6) is 5.75 Å². The Morgan fingerprint density at radius 3 is 2.36 bits per heavy atom. The molecule has 0 heterocycles. The van der Waals surface area contributed by atoms with Crippen molar-refractivity contribution in [3.05, 3.63) is 28.2 Å². The van der Waals surface area contributed by atoms with E-state index in [-0.39, 0.29) is 18.2 Å². The van der Waals surface area contributed by atoms with Crippen LogP contribution in [0.1, 0.15) is 76.7 Å². The van der Waals surface area contributed by atoms with Crippen molar-refractivity contribution in [2.45, 2.75) is 71.1 Å². The fourth-order valence-corrected chi connectivity index (χ4v) is 3.08. The van der Waals surface area contributed by atoms with Crippen molar-refractivity contribution in [1.82, 2.24) is 10.7 Å². The standard InChI is InChI=1S/C21H32BrN3O3/c1-2-3-4-5-6-7-8-9-10-11-20(27)23-16-21(28)25-24-15-17-14-18(22)12-13-19(17)26/h12-15,26H,2-11,16H2,1H3,(H,23,27)(H,25,28)/b24-15-. The largest absolute Gasteiger partial charge is 0.507 e. The first-order valence-electron chi connectivity index (χ1n) is 10.1. The predicted octanol–water partition coefficient (Wildman–Crippen LogP) is 4.64. The van der Waals surface area contributed by atoms with Gasteiger partial charge in [0.2, 0.25) is 5.91 Å². The Bertz CT molecular complexity index is 635. The fourth-order valence-electron chi connectivity index (χ4n) is 2.71. The van der Waals surface area contributed by atoms with Crippen LogP contribution in [-0.2, 0) is 9.59 Å². The molecular formula is C21H32BrN3O3. The Morgan fingerprint density at radius 2 is 1.68 bits per heavy atom. The van der Waals surface area contributed by atoms with Crippen LogP contribution in [0.25, 0.3) is 0 Å². The molecule has 0 aromatic heterocycles. The first kappa shape index (κ1) is 24.1. The van der Waals surface area contributed by atoms with Crippen molar-refractivity contribution < 1.29 is 14.7 Å². The molecule has 0 unspecified atom stereocenters. The van der Waals surface area contributed by atoms with E-state index >= 15 is 0 Å². The van der Waals surface area contributed by atoms with Gasteiger partial charge in [0.25, 0.3) is 5.91 Å². The van der Waals surface area contributed by atoms with Crippen molar-refractivity contribution >= 4 is 34.0 Å². The molecule has 1 rings (SSSR count). The molecule has 0 spiro atoms. The number of aromatic hydroxyl groups is 1. The lowest BCUT2D eigenvalue weighted by atomic mass is 10.1. The molecule has 0 bridgehead atoms. The number of nitrogens with zero attached hydrogens (tertiary/aromatic N) is 1. The van der Waals surface area contributed by atoms with Crippen molar-refractivity contribution in [3.63, 3.8) is 0 Å². The van der Waals surface area contributed by atoms with E-state index in [4.69, 9.17) is 0 Å². The number of unbranched alkanes of at least 4 members (excludes halogenated alkanes) is 8. The molecule has 7 heteroatoms. The van der Waals surface area contributed by atoms with E-state index in [1.54, 1.807) is 12.1 Å². The van der Waals surface area contributed by atoms with E-state index in [1.165, 1.54) is 50.8 Å². The Labute approximate surface area is 176 Å². The lowest BCUT2D eigenvalue weighted by Gasteiger charge is -2.05. The summed E-state index contributed by atoms with van der Waals surface area (Å²) in [5, 5.41) is 16.1. The molecule has 0 aliphatic heterocycles. The number of carbonyl (C=O) groups excluding carboxylic acids is 2. The first-order chi connectivity index (χ1) is 13.5. The number of hydrogen-bond donors (Lipinski definition) is 3. The molecule has 28 heavy (non-hydrogen) atoms. The molecular weight excluding hydrogens is 422 g/mol. The number of phenolic OH excluding ortho intramolecular Hbond substituents is 1. The second-order valence-electron chi connectivity index (χ2n) is 6.85.